The minimum Gasteiger partial charge on any atom is -0.444 e. The summed E-state index contributed by atoms with van der Waals surface area (Å²) in [6.07, 6.45) is -5.32. The third-order valence-corrected chi connectivity index (χ3v) is 8.22. The Morgan fingerprint density at radius 2 is 1.74 bits per heavy atom. The third-order valence-electron chi connectivity index (χ3n) is 7.07. The van der Waals surface area contributed by atoms with E-state index in [1.54, 1.807) is 30.3 Å². The summed E-state index contributed by atoms with van der Waals surface area (Å²) in [4.78, 5) is 42.2. The number of ether oxygens (including phenoxy) is 1. The molecule has 0 spiro atoms. The second kappa shape index (κ2) is 11.0. The van der Waals surface area contributed by atoms with E-state index in [9.17, 15) is 41.2 Å². The number of benzene rings is 3. The Kier molecular flexibility index (Phi) is 7.58. The van der Waals surface area contributed by atoms with Gasteiger partial charge in [0.05, 0.1) is 27.8 Å². The standard InChI is InChI=1S/C30H22F3N3O6S/c1-43(40,41)25-14-19(16-34)10-11-22(25)27-26-23(12-13-24(26)37)35(21-9-5-8-20(15-21)30(31,32)33)28(38)36(27)29(39)42-17-18-6-3-2-4-7-18/h2-11,14-15,27H,12-13,17H2,1H3. The van der Waals surface area contributed by atoms with Crippen LogP contribution in [0, 0.1) is 11.3 Å². The maximum Gasteiger partial charge on any atom is 0.419 e. The number of sulfone groups is 1. The Balaban J connectivity index is 1.73. The Hall–Kier alpha value is -4.96. The van der Waals surface area contributed by atoms with Crippen LogP contribution in [0.25, 0.3) is 0 Å². The van der Waals surface area contributed by atoms with Gasteiger partial charge in [-0.2, -0.15) is 18.4 Å². The van der Waals surface area contributed by atoms with Crippen LogP contribution in [-0.4, -0.2) is 37.5 Å². The maximum absolute atomic E-state index is 14.2. The Labute approximate surface area is 244 Å². The summed E-state index contributed by atoms with van der Waals surface area (Å²) in [5.74, 6) is -0.533. The number of hydrogen-bond acceptors (Lipinski definition) is 7. The topological polar surface area (TPSA) is 125 Å². The van der Waals surface area contributed by atoms with E-state index in [0.29, 0.717) is 10.5 Å². The molecule has 0 aromatic heterocycles. The first kappa shape index (κ1) is 29.5. The van der Waals surface area contributed by atoms with Crippen molar-refractivity contribution in [3.05, 3.63) is 106 Å². The zero-order valence-electron chi connectivity index (χ0n) is 22.5. The van der Waals surface area contributed by atoms with Gasteiger partial charge in [-0.1, -0.05) is 42.5 Å². The van der Waals surface area contributed by atoms with E-state index in [1.807, 2.05) is 6.07 Å². The highest BCUT2D eigenvalue weighted by Gasteiger charge is 2.50. The van der Waals surface area contributed by atoms with Gasteiger partial charge in [-0.05, 0) is 47.9 Å². The fraction of sp³-hybridized carbons (Fsp3) is 0.200. The summed E-state index contributed by atoms with van der Waals surface area (Å²) >= 11 is 0. The van der Waals surface area contributed by atoms with Crippen molar-refractivity contribution in [1.29, 1.82) is 5.26 Å². The molecule has 5 rings (SSSR count). The first-order chi connectivity index (χ1) is 20.3. The van der Waals surface area contributed by atoms with Crippen LogP contribution in [0.3, 0.4) is 0 Å². The van der Waals surface area contributed by atoms with E-state index in [-0.39, 0.29) is 47.5 Å². The quantitative estimate of drug-likeness (QED) is 0.352. The zero-order valence-corrected chi connectivity index (χ0v) is 23.3. The summed E-state index contributed by atoms with van der Waals surface area (Å²) < 4.78 is 72.0. The van der Waals surface area contributed by atoms with Gasteiger partial charge in [-0.3, -0.25) is 9.69 Å². The molecule has 2 aliphatic rings. The van der Waals surface area contributed by atoms with Crippen molar-refractivity contribution in [3.63, 3.8) is 0 Å². The molecule has 3 aromatic carbocycles. The number of allylic oxidation sites excluding steroid dienone is 1. The summed E-state index contributed by atoms with van der Waals surface area (Å²) in [5.41, 5.74) is -1.02. The highest BCUT2D eigenvalue weighted by Crippen LogP contribution is 2.47. The number of nitriles is 1. The van der Waals surface area contributed by atoms with Gasteiger partial charge < -0.3 is 4.74 Å². The number of nitrogens with zero attached hydrogens (tertiary/aromatic N) is 3. The summed E-state index contributed by atoms with van der Waals surface area (Å²) in [6, 6.07) is 15.0. The lowest BCUT2D eigenvalue weighted by Crippen LogP contribution is -2.52. The molecular formula is C30H22F3N3O6S. The summed E-state index contributed by atoms with van der Waals surface area (Å²) in [5, 5.41) is 9.39. The van der Waals surface area contributed by atoms with Crippen LogP contribution >= 0.6 is 0 Å². The molecule has 1 aliphatic heterocycles. The number of alkyl halides is 3. The van der Waals surface area contributed by atoms with Crippen LogP contribution in [0.15, 0.2) is 89.0 Å². The predicted octanol–water partition coefficient (Wildman–Crippen LogP) is 5.92. The lowest BCUT2D eigenvalue weighted by Gasteiger charge is -2.40. The number of urea groups is 1. The molecule has 0 saturated carbocycles. The van der Waals surface area contributed by atoms with Crippen LogP contribution in [0.5, 0.6) is 0 Å². The van der Waals surface area contributed by atoms with Crippen molar-refractivity contribution < 1.29 is 40.7 Å². The SMILES string of the molecule is CS(=O)(=O)c1cc(C#N)ccc1C1C2=C(CCC2=O)N(c2cccc(C(F)(F)F)c2)C(=O)N1C(=O)OCc1ccccc1. The molecule has 0 bridgehead atoms. The molecule has 1 heterocycles. The molecule has 220 valence electrons. The number of hydrogen-bond donors (Lipinski definition) is 0. The molecule has 9 nitrogen and oxygen atoms in total. The maximum atomic E-state index is 14.2. The first-order valence-electron chi connectivity index (χ1n) is 12.8. The lowest BCUT2D eigenvalue weighted by molar-refractivity contribution is -0.137. The molecule has 43 heavy (non-hydrogen) atoms. The summed E-state index contributed by atoms with van der Waals surface area (Å²) in [6.45, 7) is -0.300. The smallest absolute Gasteiger partial charge is 0.419 e. The molecule has 0 radical (unpaired) electrons. The Morgan fingerprint density at radius 1 is 1.02 bits per heavy atom. The van der Waals surface area contributed by atoms with Crippen molar-refractivity contribution in [2.45, 2.75) is 36.6 Å². The van der Waals surface area contributed by atoms with E-state index in [1.165, 1.54) is 18.2 Å². The van der Waals surface area contributed by atoms with Crippen LogP contribution in [-0.2, 0) is 32.2 Å². The van der Waals surface area contributed by atoms with Gasteiger partial charge in [0.25, 0.3) is 0 Å². The number of carbonyl (C=O) groups excluding carboxylic acids is 3. The zero-order chi connectivity index (χ0) is 31.1. The lowest BCUT2D eigenvalue weighted by atomic mass is 9.92. The van der Waals surface area contributed by atoms with Crippen molar-refractivity contribution in [2.24, 2.45) is 0 Å². The second-order valence-corrected chi connectivity index (χ2v) is 11.9. The van der Waals surface area contributed by atoms with E-state index >= 15 is 0 Å². The van der Waals surface area contributed by atoms with Gasteiger partial charge in [-0.25, -0.2) is 22.9 Å². The number of ketones is 1. The molecule has 0 fully saturated rings. The summed E-state index contributed by atoms with van der Waals surface area (Å²) in [7, 11) is -4.08. The van der Waals surface area contributed by atoms with E-state index in [4.69, 9.17) is 4.74 Å². The van der Waals surface area contributed by atoms with Crippen LogP contribution < -0.4 is 4.90 Å². The number of rotatable bonds is 5. The second-order valence-electron chi connectivity index (χ2n) is 9.90. The largest absolute Gasteiger partial charge is 0.444 e. The van der Waals surface area contributed by atoms with Crippen LogP contribution in [0.2, 0.25) is 0 Å². The monoisotopic (exact) mass is 609 g/mol. The highest BCUT2D eigenvalue weighted by molar-refractivity contribution is 7.90. The number of amides is 3. The molecule has 1 unspecified atom stereocenters. The van der Waals surface area contributed by atoms with E-state index in [2.05, 4.69) is 0 Å². The number of anilines is 1. The normalized spacial score (nSPS) is 17.1. The minimum absolute atomic E-state index is 0.0259. The van der Waals surface area contributed by atoms with E-state index in [0.717, 1.165) is 35.4 Å². The molecule has 3 aromatic rings. The van der Waals surface area contributed by atoms with Crippen molar-refractivity contribution in [3.8, 4) is 6.07 Å². The Morgan fingerprint density at radius 3 is 2.40 bits per heavy atom. The van der Waals surface area contributed by atoms with Gasteiger partial charge in [0.15, 0.2) is 15.6 Å². The first-order valence-corrected chi connectivity index (χ1v) is 14.7. The van der Waals surface area contributed by atoms with Crippen LogP contribution in [0.4, 0.5) is 28.4 Å². The highest BCUT2D eigenvalue weighted by atomic mass is 32.2. The molecule has 1 atom stereocenters. The Bertz CT molecular complexity index is 1830. The van der Waals surface area contributed by atoms with Gasteiger partial charge in [0.1, 0.15) is 12.6 Å². The third kappa shape index (κ3) is 5.61. The molecule has 1 aliphatic carbocycles. The molecular weight excluding hydrogens is 587 g/mol. The molecule has 0 N–H and O–H groups in total. The average molecular weight is 610 g/mol. The predicted molar refractivity (Wildman–Crippen MR) is 146 cm³/mol. The van der Waals surface area contributed by atoms with E-state index < -0.39 is 50.4 Å². The molecule has 0 saturated heterocycles. The van der Waals surface area contributed by atoms with Gasteiger partial charge in [0, 0.05) is 23.9 Å². The number of Topliss-reactive ketones (excluding diaryl/α,β-unsaturated/α-hetero) is 1. The van der Waals surface area contributed by atoms with Crippen molar-refractivity contribution >= 4 is 33.4 Å². The number of carbonyl (C=O) groups is 3. The van der Waals surface area contributed by atoms with Crippen LogP contribution in [0.1, 0.15) is 41.1 Å². The van der Waals surface area contributed by atoms with Gasteiger partial charge in [0.2, 0.25) is 0 Å². The van der Waals surface area contributed by atoms with Gasteiger partial charge in [-0.15, -0.1) is 0 Å². The molecule has 13 heteroatoms. The fourth-order valence-corrected chi connectivity index (χ4v) is 6.12. The van der Waals surface area contributed by atoms with Crippen molar-refractivity contribution in [1.82, 2.24) is 4.90 Å². The average Bonchev–Trinajstić information content (AvgIpc) is 3.35. The number of halogens is 3. The fourth-order valence-electron chi connectivity index (χ4n) is 5.17. The minimum atomic E-state index is -4.75. The number of imide groups is 1. The van der Waals surface area contributed by atoms with Crippen molar-refractivity contribution in [2.75, 3.05) is 11.2 Å². The molecule has 3 amide bonds. The van der Waals surface area contributed by atoms with Gasteiger partial charge >= 0.3 is 18.3 Å².